The minimum Gasteiger partial charge on any atom is -0.399 e. The van der Waals surface area contributed by atoms with E-state index in [4.69, 9.17) is 5.73 Å². The topological polar surface area (TPSA) is 56.0 Å². The van der Waals surface area contributed by atoms with Gasteiger partial charge in [0, 0.05) is 11.9 Å². The van der Waals surface area contributed by atoms with Crippen LogP contribution in [0.3, 0.4) is 0 Å². The number of pyridine rings is 1. The predicted molar refractivity (Wildman–Crippen MR) is 68.5 cm³/mol. The summed E-state index contributed by atoms with van der Waals surface area (Å²) in [6.07, 6.45) is 4.86. The smallest absolute Gasteiger partial charge is 0.204 e. The number of nitrogens with two attached hydrogens (primary N) is 1. The molecule has 0 aliphatic carbocycles. The van der Waals surface area contributed by atoms with Crippen molar-refractivity contribution in [3.63, 3.8) is 0 Å². The Hall–Kier alpha value is -2.42. The van der Waals surface area contributed by atoms with Crippen molar-refractivity contribution in [2.75, 3.05) is 5.73 Å². The summed E-state index contributed by atoms with van der Waals surface area (Å²) in [5, 5.41) is 0. The third-order valence-corrected chi connectivity index (χ3v) is 2.28. The molecule has 0 unspecified atom stereocenters. The number of aromatic nitrogens is 1. The van der Waals surface area contributed by atoms with Crippen LogP contribution in [0.2, 0.25) is 0 Å². The second kappa shape index (κ2) is 5.07. The van der Waals surface area contributed by atoms with Crippen LogP contribution in [0, 0.1) is 0 Å². The molecule has 1 heterocycles. The number of ketones is 1. The van der Waals surface area contributed by atoms with E-state index in [9.17, 15) is 4.79 Å². The molecule has 84 valence electrons. The lowest BCUT2D eigenvalue weighted by Gasteiger charge is -1.95. The Morgan fingerprint density at radius 1 is 1.12 bits per heavy atom. The third-order valence-electron chi connectivity index (χ3n) is 2.28. The van der Waals surface area contributed by atoms with E-state index in [1.54, 1.807) is 42.6 Å². The van der Waals surface area contributed by atoms with Crippen LogP contribution >= 0.6 is 0 Å². The van der Waals surface area contributed by atoms with E-state index < -0.39 is 0 Å². The van der Waals surface area contributed by atoms with E-state index in [-0.39, 0.29) is 5.78 Å². The molecule has 0 saturated heterocycles. The fraction of sp³-hybridized carbons (Fsp3) is 0. The zero-order valence-electron chi connectivity index (χ0n) is 9.21. The largest absolute Gasteiger partial charge is 0.399 e. The van der Waals surface area contributed by atoms with Gasteiger partial charge in [0.1, 0.15) is 5.69 Å². The summed E-state index contributed by atoms with van der Waals surface area (Å²) < 4.78 is 0. The van der Waals surface area contributed by atoms with Gasteiger partial charge in [0.25, 0.3) is 0 Å². The summed E-state index contributed by atoms with van der Waals surface area (Å²) in [5.74, 6) is -0.109. The van der Waals surface area contributed by atoms with Crippen molar-refractivity contribution in [3.05, 3.63) is 66.0 Å². The number of carbonyl (C=O) groups is 1. The second-order valence-electron chi connectivity index (χ2n) is 3.58. The van der Waals surface area contributed by atoms with Crippen LogP contribution in [-0.2, 0) is 0 Å². The van der Waals surface area contributed by atoms with Gasteiger partial charge in [-0.3, -0.25) is 9.78 Å². The Morgan fingerprint density at radius 2 is 1.88 bits per heavy atom. The molecule has 0 aliphatic heterocycles. The summed E-state index contributed by atoms with van der Waals surface area (Å²) >= 11 is 0. The molecule has 3 nitrogen and oxygen atoms in total. The van der Waals surface area contributed by atoms with E-state index in [0.29, 0.717) is 11.4 Å². The molecule has 2 rings (SSSR count). The van der Waals surface area contributed by atoms with Crippen molar-refractivity contribution in [3.8, 4) is 0 Å². The molecule has 0 saturated carbocycles. The Balaban J connectivity index is 2.11. The maximum absolute atomic E-state index is 11.7. The maximum atomic E-state index is 11.7. The van der Waals surface area contributed by atoms with Gasteiger partial charge in [-0.15, -0.1) is 0 Å². The summed E-state index contributed by atoms with van der Waals surface area (Å²) in [5.41, 5.74) is 7.66. The Kier molecular flexibility index (Phi) is 3.31. The molecule has 0 spiro atoms. The summed E-state index contributed by atoms with van der Waals surface area (Å²) in [4.78, 5) is 15.7. The van der Waals surface area contributed by atoms with Gasteiger partial charge in [-0.05, 0) is 35.9 Å². The summed E-state index contributed by atoms with van der Waals surface area (Å²) in [7, 11) is 0. The molecule has 2 N–H and O–H groups in total. The van der Waals surface area contributed by atoms with Crippen LogP contribution in [0.4, 0.5) is 5.69 Å². The number of hydrogen-bond acceptors (Lipinski definition) is 3. The Bertz CT molecular complexity index is 530. The number of anilines is 1. The van der Waals surface area contributed by atoms with Crippen molar-refractivity contribution in [2.45, 2.75) is 0 Å². The molecule has 1 aromatic heterocycles. The average Bonchev–Trinajstić information content (AvgIpc) is 2.39. The fourth-order valence-electron chi connectivity index (χ4n) is 1.37. The van der Waals surface area contributed by atoms with Gasteiger partial charge in [0.15, 0.2) is 0 Å². The molecule has 0 atom stereocenters. The number of carbonyl (C=O) groups excluding carboxylic acids is 1. The summed E-state index contributed by atoms with van der Waals surface area (Å²) in [6, 6.07) is 12.6. The highest BCUT2D eigenvalue weighted by Crippen LogP contribution is 2.07. The van der Waals surface area contributed by atoms with Gasteiger partial charge in [-0.1, -0.05) is 24.3 Å². The second-order valence-corrected chi connectivity index (χ2v) is 3.58. The van der Waals surface area contributed by atoms with Gasteiger partial charge < -0.3 is 5.73 Å². The van der Waals surface area contributed by atoms with Crippen molar-refractivity contribution in [1.82, 2.24) is 4.98 Å². The highest BCUT2D eigenvalue weighted by atomic mass is 16.1. The highest BCUT2D eigenvalue weighted by Gasteiger charge is 2.00. The van der Waals surface area contributed by atoms with E-state index in [0.717, 1.165) is 5.56 Å². The standard InChI is InChI=1S/C14H12N2O/c15-12-7-4-11(5-8-12)6-9-14(17)13-3-1-2-10-16-13/h1-10H,15H2. The molecular formula is C14H12N2O. The molecule has 0 bridgehead atoms. The summed E-state index contributed by atoms with van der Waals surface area (Å²) in [6.45, 7) is 0. The highest BCUT2D eigenvalue weighted by molar-refractivity contribution is 6.05. The molecule has 2 aromatic rings. The third kappa shape index (κ3) is 3.01. The maximum Gasteiger partial charge on any atom is 0.204 e. The number of allylic oxidation sites excluding steroid dienone is 1. The SMILES string of the molecule is Nc1ccc(C=CC(=O)c2ccccn2)cc1. The Labute approximate surface area is 99.6 Å². The first-order chi connectivity index (χ1) is 8.25. The molecule has 17 heavy (non-hydrogen) atoms. The lowest BCUT2D eigenvalue weighted by atomic mass is 10.1. The molecule has 3 heteroatoms. The van der Waals surface area contributed by atoms with Gasteiger partial charge in [0.2, 0.25) is 5.78 Å². The van der Waals surface area contributed by atoms with Crippen LogP contribution in [0.15, 0.2) is 54.7 Å². The van der Waals surface area contributed by atoms with Crippen LogP contribution in [0.1, 0.15) is 16.1 Å². The number of rotatable bonds is 3. The van der Waals surface area contributed by atoms with E-state index >= 15 is 0 Å². The first kappa shape index (κ1) is 11.1. The average molecular weight is 224 g/mol. The quantitative estimate of drug-likeness (QED) is 0.495. The number of nitrogens with zero attached hydrogens (tertiary/aromatic N) is 1. The lowest BCUT2D eigenvalue weighted by molar-refractivity contribution is 0.104. The number of hydrogen-bond donors (Lipinski definition) is 1. The number of benzene rings is 1. The van der Waals surface area contributed by atoms with Gasteiger partial charge in [-0.2, -0.15) is 0 Å². The Morgan fingerprint density at radius 3 is 2.53 bits per heavy atom. The van der Waals surface area contributed by atoms with Crippen LogP contribution in [0.5, 0.6) is 0 Å². The molecule has 0 radical (unpaired) electrons. The first-order valence-electron chi connectivity index (χ1n) is 5.25. The van der Waals surface area contributed by atoms with Crippen molar-refractivity contribution in [2.24, 2.45) is 0 Å². The van der Waals surface area contributed by atoms with Crippen LogP contribution in [0.25, 0.3) is 6.08 Å². The van der Waals surface area contributed by atoms with Crippen LogP contribution in [-0.4, -0.2) is 10.8 Å². The normalized spacial score (nSPS) is 10.6. The number of nitrogen functional groups attached to an aromatic ring is 1. The van der Waals surface area contributed by atoms with E-state index in [1.807, 2.05) is 12.1 Å². The predicted octanol–water partition coefficient (Wildman–Crippen LogP) is 2.56. The molecule has 0 amide bonds. The van der Waals surface area contributed by atoms with Gasteiger partial charge in [-0.25, -0.2) is 0 Å². The van der Waals surface area contributed by atoms with Gasteiger partial charge in [0.05, 0.1) is 0 Å². The zero-order chi connectivity index (χ0) is 12.1. The van der Waals surface area contributed by atoms with Crippen LogP contribution < -0.4 is 5.73 Å². The molecule has 0 fully saturated rings. The first-order valence-corrected chi connectivity index (χ1v) is 5.25. The van der Waals surface area contributed by atoms with Gasteiger partial charge >= 0.3 is 0 Å². The van der Waals surface area contributed by atoms with Crippen molar-refractivity contribution in [1.29, 1.82) is 0 Å². The molecule has 1 aromatic carbocycles. The fourth-order valence-corrected chi connectivity index (χ4v) is 1.37. The van der Waals surface area contributed by atoms with E-state index in [2.05, 4.69) is 4.98 Å². The monoisotopic (exact) mass is 224 g/mol. The lowest BCUT2D eigenvalue weighted by Crippen LogP contribution is -1.96. The zero-order valence-corrected chi connectivity index (χ0v) is 9.21. The van der Waals surface area contributed by atoms with Crippen molar-refractivity contribution < 1.29 is 4.79 Å². The van der Waals surface area contributed by atoms with E-state index in [1.165, 1.54) is 6.08 Å². The molecule has 0 aliphatic rings. The van der Waals surface area contributed by atoms with Crippen molar-refractivity contribution >= 4 is 17.5 Å². The minimum absolute atomic E-state index is 0.109. The minimum atomic E-state index is -0.109. The molecular weight excluding hydrogens is 212 g/mol.